The van der Waals surface area contributed by atoms with Crippen LogP contribution in [0.25, 0.3) is 11.1 Å². The summed E-state index contributed by atoms with van der Waals surface area (Å²) in [6.07, 6.45) is 2.09. The van der Waals surface area contributed by atoms with Crippen molar-refractivity contribution in [2.24, 2.45) is 0 Å². The number of carbonyl (C=O) groups excluding carboxylic acids is 1. The molecule has 1 amide bonds. The SMILES string of the molecule is O=C(OCC1c2ccccc2-c2ccccc21)N1CCCC(I)C1. The summed E-state index contributed by atoms with van der Waals surface area (Å²) in [6.45, 7) is 2.03. The Bertz CT molecular complexity index is 715. The molecule has 0 saturated carbocycles. The summed E-state index contributed by atoms with van der Waals surface area (Å²) in [5.74, 6) is 0.140. The van der Waals surface area contributed by atoms with E-state index in [-0.39, 0.29) is 12.0 Å². The second kappa shape index (κ2) is 6.75. The number of carbonyl (C=O) groups is 1. The van der Waals surface area contributed by atoms with Crippen molar-refractivity contribution >= 4 is 28.7 Å². The van der Waals surface area contributed by atoms with Crippen molar-refractivity contribution in [3.8, 4) is 11.1 Å². The number of ether oxygens (including phenoxy) is 1. The van der Waals surface area contributed by atoms with Crippen LogP contribution < -0.4 is 0 Å². The Morgan fingerprint density at radius 3 is 2.33 bits per heavy atom. The molecule has 0 bridgehead atoms. The summed E-state index contributed by atoms with van der Waals surface area (Å²) in [4.78, 5) is 14.3. The molecule has 4 rings (SSSR count). The first-order valence-electron chi connectivity index (χ1n) is 8.48. The van der Waals surface area contributed by atoms with Gasteiger partial charge in [-0.2, -0.15) is 0 Å². The van der Waals surface area contributed by atoms with Gasteiger partial charge in [-0.1, -0.05) is 71.1 Å². The predicted molar refractivity (Wildman–Crippen MR) is 104 cm³/mol. The molecule has 2 aromatic rings. The Morgan fingerprint density at radius 2 is 1.71 bits per heavy atom. The standard InChI is InChI=1S/C20H20INO2/c21-14-6-5-11-22(12-14)20(23)24-13-19-17-9-3-1-7-15(17)16-8-2-4-10-18(16)19/h1-4,7-10,14,19H,5-6,11-13H2. The van der Waals surface area contributed by atoms with Crippen LogP contribution >= 0.6 is 22.6 Å². The Hall–Kier alpha value is -1.56. The van der Waals surface area contributed by atoms with E-state index in [0.717, 1.165) is 19.5 Å². The minimum Gasteiger partial charge on any atom is -0.448 e. The Balaban J connectivity index is 1.51. The van der Waals surface area contributed by atoms with Gasteiger partial charge in [0.05, 0.1) is 0 Å². The second-order valence-corrected chi connectivity index (χ2v) is 8.25. The number of halogens is 1. The van der Waals surface area contributed by atoms with Crippen LogP contribution in [-0.2, 0) is 4.74 Å². The van der Waals surface area contributed by atoms with Crippen LogP contribution in [0, 0.1) is 0 Å². The quantitative estimate of drug-likeness (QED) is 0.502. The molecule has 1 unspecified atom stereocenters. The first kappa shape index (κ1) is 15.9. The molecule has 1 fully saturated rings. The maximum Gasteiger partial charge on any atom is 0.409 e. The van der Waals surface area contributed by atoms with Crippen molar-refractivity contribution in [1.29, 1.82) is 0 Å². The van der Waals surface area contributed by atoms with Gasteiger partial charge >= 0.3 is 6.09 Å². The van der Waals surface area contributed by atoms with Gasteiger partial charge in [0, 0.05) is 22.9 Å². The highest BCUT2D eigenvalue weighted by atomic mass is 127. The van der Waals surface area contributed by atoms with E-state index in [1.165, 1.54) is 28.7 Å². The summed E-state index contributed by atoms with van der Waals surface area (Å²) >= 11 is 2.42. The lowest BCUT2D eigenvalue weighted by Crippen LogP contribution is -2.40. The summed E-state index contributed by atoms with van der Waals surface area (Å²) in [7, 11) is 0. The maximum atomic E-state index is 12.4. The van der Waals surface area contributed by atoms with Crippen molar-refractivity contribution in [3.05, 3.63) is 59.7 Å². The average Bonchev–Trinajstić information content (AvgIpc) is 2.94. The third-order valence-corrected chi connectivity index (χ3v) is 5.97. The van der Waals surface area contributed by atoms with Gasteiger partial charge in [0.2, 0.25) is 0 Å². The van der Waals surface area contributed by atoms with E-state index in [9.17, 15) is 4.79 Å². The van der Waals surface area contributed by atoms with E-state index in [4.69, 9.17) is 4.74 Å². The van der Waals surface area contributed by atoms with E-state index in [2.05, 4.69) is 71.1 Å². The normalized spacial score (nSPS) is 19.7. The number of nitrogens with zero attached hydrogens (tertiary/aromatic N) is 1. The first-order chi connectivity index (χ1) is 11.7. The van der Waals surface area contributed by atoms with Gasteiger partial charge < -0.3 is 9.64 Å². The molecule has 0 spiro atoms. The van der Waals surface area contributed by atoms with Crippen LogP contribution in [0.1, 0.15) is 29.9 Å². The van der Waals surface area contributed by atoms with Crippen molar-refractivity contribution < 1.29 is 9.53 Å². The first-order valence-corrected chi connectivity index (χ1v) is 9.72. The summed E-state index contributed by atoms with van der Waals surface area (Å²) in [5.41, 5.74) is 5.05. The molecule has 1 aliphatic carbocycles. The molecule has 2 aliphatic rings. The molecule has 1 saturated heterocycles. The molecule has 24 heavy (non-hydrogen) atoms. The van der Waals surface area contributed by atoms with E-state index in [1.807, 2.05) is 4.90 Å². The van der Waals surface area contributed by atoms with Crippen molar-refractivity contribution in [3.63, 3.8) is 0 Å². The number of benzene rings is 2. The Morgan fingerprint density at radius 1 is 1.08 bits per heavy atom. The van der Waals surface area contributed by atoms with Crippen LogP contribution in [-0.4, -0.2) is 34.6 Å². The molecule has 3 nitrogen and oxygen atoms in total. The lowest BCUT2D eigenvalue weighted by molar-refractivity contribution is 0.0945. The second-order valence-electron chi connectivity index (χ2n) is 6.49. The number of fused-ring (bicyclic) bond motifs is 3. The lowest BCUT2D eigenvalue weighted by atomic mass is 9.98. The number of amides is 1. The molecule has 1 heterocycles. The van der Waals surface area contributed by atoms with E-state index < -0.39 is 0 Å². The number of rotatable bonds is 2. The molecular weight excluding hydrogens is 413 g/mol. The third kappa shape index (κ3) is 2.92. The fraction of sp³-hybridized carbons (Fsp3) is 0.350. The smallest absolute Gasteiger partial charge is 0.409 e. The fourth-order valence-corrected chi connectivity index (χ4v) is 4.69. The maximum absolute atomic E-state index is 12.4. The van der Waals surface area contributed by atoms with E-state index >= 15 is 0 Å². The number of piperidine rings is 1. The van der Waals surface area contributed by atoms with Gasteiger partial charge in [0.1, 0.15) is 6.61 Å². The van der Waals surface area contributed by atoms with Gasteiger partial charge in [0.25, 0.3) is 0 Å². The highest BCUT2D eigenvalue weighted by Crippen LogP contribution is 2.44. The minimum atomic E-state index is -0.168. The molecule has 124 valence electrons. The van der Waals surface area contributed by atoms with Crippen molar-refractivity contribution in [2.75, 3.05) is 19.7 Å². The highest BCUT2D eigenvalue weighted by Gasteiger charge is 2.30. The van der Waals surface area contributed by atoms with Crippen LogP contribution in [0.15, 0.2) is 48.5 Å². The van der Waals surface area contributed by atoms with Crippen LogP contribution in [0.5, 0.6) is 0 Å². The average molecular weight is 433 g/mol. The van der Waals surface area contributed by atoms with Crippen LogP contribution in [0.2, 0.25) is 0 Å². The topological polar surface area (TPSA) is 29.5 Å². The largest absolute Gasteiger partial charge is 0.448 e. The monoisotopic (exact) mass is 433 g/mol. The number of hydrogen-bond donors (Lipinski definition) is 0. The van der Waals surface area contributed by atoms with Gasteiger partial charge in [-0.25, -0.2) is 4.79 Å². The molecule has 1 atom stereocenters. The summed E-state index contributed by atoms with van der Waals surface area (Å²) in [6, 6.07) is 16.9. The van der Waals surface area contributed by atoms with Gasteiger partial charge in [-0.3, -0.25) is 0 Å². The molecular formula is C20H20INO2. The summed E-state index contributed by atoms with van der Waals surface area (Å²) < 4.78 is 6.25. The molecule has 2 aromatic carbocycles. The highest BCUT2D eigenvalue weighted by molar-refractivity contribution is 14.1. The molecule has 0 N–H and O–H groups in total. The van der Waals surface area contributed by atoms with Gasteiger partial charge in [0.15, 0.2) is 0 Å². The Labute approximate surface area is 156 Å². The minimum absolute atomic E-state index is 0.140. The third-order valence-electron chi connectivity index (χ3n) is 4.96. The van der Waals surface area contributed by atoms with Crippen LogP contribution in [0.3, 0.4) is 0 Å². The molecule has 0 aromatic heterocycles. The Kier molecular flexibility index (Phi) is 4.48. The van der Waals surface area contributed by atoms with Gasteiger partial charge in [-0.05, 0) is 35.1 Å². The van der Waals surface area contributed by atoms with E-state index in [1.54, 1.807) is 0 Å². The van der Waals surface area contributed by atoms with Crippen LogP contribution in [0.4, 0.5) is 4.79 Å². The molecule has 0 radical (unpaired) electrons. The predicted octanol–water partition coefficient (Wildman–Crippen LogP) is 4.83. The fourth-order valence-electron chi connectivity index (χ4n) is 3.78. The lowest BCUT2D eigenvalue weighted by Gasteiger charge is -2.29. The zero-order valence-corrected chi connectivity index (χ0v) is 15.6. The summed E-state index contributed by atoms with van der Waals surface area (Å²) in [5, 5.41) is 0. The molecule has 1 aliphatic heterocycles. The number of hydrogen-bond acceptors (Lipinski definition) is 2. The zero-order valence-electron chi connectivity index (χ0n) is 13.5. The van der Waals surface area contributed by atoms with Crippen molar-refractivity contribution in [2.45, 2.75) is 22.7 Å². The molecule has 4 heteroatoms. The number of alkyl halides is 1. The van der Waals surface area contributed by atoms with Crippen molar-refractivity contribution in [1.82, 2.24) is 4.90 Å². The zero-order chi connectivity index (χ0) is 16.5. The number of likely N-dealkylation sites (tertiary alicyclic amines) is 1. The van der Waals surface area contributed by atoms with Gasteiger partial charge in [-0.15, -0.1) is 0 Å². The van der Waals surface area contributed by atoms with E-state index in [0.29, 0.717) is 10.5 Å².